The molecule has 0 radical (unpaired) electrons. The summed E-state index contributed by atoms with van der Waals surface area (Å²) >= 11 is 0. The van der Waals surface area contributed by atoms with Crippen molar-refractivity contribution < 1.29 is 24.2 Å². The SMILES string of the molecule is CC/C=C\C/C=C\C/C=C\C/C=C\C/C=C\CC(=O)OC(CO)COC(=O)CCCCCCCCCCCCCCCCCCCCCCCCCCC/C=C\CCCCCCCCCC. The van der Waals surface area contributed by atoms with Crippen LogP contribution >= 0.6 is 0 Å². The molecule has 5 nitrogen and oxygen atoms in total. The summed E-state index contributed by atoms with van der Waals surface area (Å²) < 4.78 is 10.6. The highest BCUT2D eigenvalue weighted by atomic mass is 16.6. The lowest BCUT2D eigenvalue weighted by atomic mass is 10.0. The van der Waals surface area contributed by atoms with E-state index in [0.717, 1.165) is 51.4 Å². The molecule has 0 saturated carbocycles. The molecule has 1 N–H and O–H groups in total. The van der Waals surface area contributed by atoms with E-state index in [-0.39, 0.29) is 25.6 Å². The van der Waals surface area contributed by atoms with E-state index in [1.54, 1.807) is 6.08 Å². The number of rotatable bonds is 52. The Bertz CT molecular complexity index is 1180. The molecule has 0 aliphatic carbocycles. The maximum absolute atomic E-state index is 12.2. The lowest BCUT2D eigenvalue weighted by molar-refractivity contribution is -0.160. The van der Waals surface area contributed by atoms with E-state index in [4.69, 9.17) is 9.47 Å². The van der Waals surface area contributed by atoms with Gasteiger partial charge >= 0.3 is 11.9 Å². The van der Waals surface area contributed by atoms with Crippen LogP contribution in [0.4, 0.5) is 0 Å². The smallest absolute Gasteiger partial charge is 0.310 e. The second-order valence-corrected chi connectivity index (χ2v) is 19.0. The summed E-state index contributed by atoms with van der Waals surface area (Å²) in [7, 11) is 0. The number of unbranched alkanes of at least 4 members (excludes halogenated alkanes) is 33. The monoisotopic (exact) mass is 921 g/mol. The van der Waals surface area contributed by atoms with Gasteiger partial charge in [-0.25, -0.2) is 0 Å². The van der Waals surface area contributed by atoms with Crippen molar-refractivity contribution in [1.82, 2.24) is 0 Å². The zero-order valence-corrected chi connectivity index (χ0v) is 43.7. The minimum Gasteiger partial charge on any atom is -0.462 e. The van der Waals surface area contributed by atoms with Crippen LogP contribution in [0.25, 0.3) is 0 Å². The Kier molecular flexibility index (Phi) is 54.4. The van der Waals surface area contributed by atoms with Gasteiger partial charge in [-0.05, 0) is 64.2 Å². The van der Waals surface area contributed by atoms with Crippen LogP contribution in [-0.4, -0.2) is 36.4 Å². The van der Waals surface area contributed by atoms with Crippen molar-refractivity contribution in [2.45, 2.75) is 290 Å². The lowest BCUT2D eigenvalue weighted by Crippen LogP contribution is -2.28. The molecule has 0 spiro atoms. The second-order valence-electron chi connectivity index (χ2n) is 19.0. The number of aliphatic hydroxyl groups is 1. The Balaban J connectivity index is 3.43. The number of hydrogen-bond acceptors (Lipinski definition) is 5. The molecule has 0 aliphatic heterocycles. The molecule has 5 heteroatoms. The molecule has 0 rings (SSSR count). The number of ether oxygens (including phenoxy) is 2. The molecule has 0 aromatic heterocycles. The van der Waals surface area contributed by atoms with Gasteiger partial charge in [0.15, 0.2) is 6.10 Å². The first-order valence-corrected chi connectivity index (χ1v) is 28.5. The highest BCUT2D eigenvalue weighted by Gasteiger charge is 2.15. The normalized spacial score (nSPS) is 12.7. The van der Waals surface area contributed by atoms with E-state index >= 15 is 0 Å². The third-order valence-corrected chi connectivity index (χ3v) is 12.5. The molecule has 0 aliphatic rings. The number of aliphatic hydroxyl groups excluding tert-OH is 1. The summed E-state index contributed by atoms with van der Waals surface area (Å²) in [6.07, 6.45) is 77.9. The van der Waals surface area contributed by atoms with Crippen LogP contribution in [0.3, 0.4) is 0 Å². The molecule has 1 atom stereocenters. The fourth-order valence-electron chi connectivity index (χ4n) is 8.28. The van der Waals surface area contributed by atoms with Crippen LogP contribution in [0, 0.1) is 0 Å². The second kappa shape index (κ2) is 56.7. The highest BCUT2D eigenvalue weighted by Crippen LogP contribution is 2.17. The van der Waals surface area contributed by atoms with Crippen LogP contribution in [0.2, 0.25) is 0 Å². The average molecular weight is 922 g/mol. The van der Waals surface area contributed by atoms with Crippen LogP contribution in [0.1, 0.15) is 284 Å². The molecule has 0 amide bonds. The molecular formula is C61H108O5. The third kappa shape index (κ3) is 54.0. The summed E-state index contributed by atoms with van der Waals surface area (Å²) in [5.41, 5.74) is 0. The van der Waals surface area contributed by atoms with E-state index in [1.165, 1.54) is 205 Å². The molecule has 1 unspecified atom stereocenters. The predicted molar refractivity (Wildman–Crippen MR) is 288 cm³/mol. The first-order valence-electron chi connectivity index (χ1n) is 28.5. The Hall–Kier alpha value is -2.66. The van der Waals surface area contributed by atoms with Gasteiger partial charge in [0.25, 0.3) is 0 Å². The van der Waals surface area contributed by atoms with Crippen molar-refractivity contribution in [3.05, 3.63) is 72.9 Å². The Labute approximate surface area is 410 Å². The number of esters is 2. The topological polar surface area (TPSA) is 72.8 Å². The lowest BCUT2D eigenvalue weighted by Gasteiger charge is -2.15. The van der Waals surface area contributed by atoms with E-state index < -0.39 is 12.1 Å². The minimum absolute atomic E-state index is 0.106. The molecule has 0 fully saturated rings. The summed E-state index contributed by atoms with van der Waals surface area (Å²) in [6.45, 7) is 3.96. The molecule has 0 heterocycles. The zero-order valence-electron chi connectivity index (χ0n) is 43.7. The maximum atomic E-state index is 12.2. The minimum atomic E-state index is -0.828. The Morgan fingerprint density at radius 3 is 1.05 bits per heavy atom. The fourth-order valence-corrected chi connectivity index (χ4v) is 8.28. The van der Waals surface area contributed by atoms with E-state index in [2.05, 4.69) is 74.6 Å². The quantitative estimate of drug-likeness (QED) is 0.0374. The number of carbonyl (C=O) groups is 2. The first-order chi connectivity index (χ1) is 32.6. The molecule has 0 saturated heterocycles. The van der Waals surface area contributed by atoms with E-state index in [9.17, 15) is 14.7 Å². The summed E-state index contributed by atoms with van der Waals surface area (Å²) in [5.74, 6) is -0.732. The van der Waals surface area contributed by atoms with Gasteiger partial charge in [-0.15, -0.1) is 0 Å². The summed E-state index contributed by atoms with van der Waals surface area (Å²) in [5, 5.41) is 9.59. The third-order valence-electron chi connectivity index (χ3n) is 12.5. The molecule has 0 aromatic rings. The van der Waals surface area contributed by atoms with Crippen molar-refractivity contribution in [2.75, 3.05) is 13.2 Å². The van der Waals surface area contributed by atoms with Crippen molar-refractivity contribution in [3.8, 4) is 0 Å². The van der Waals surface area contributed by atoms with Gasteiger partial charge in [0, 0.05) is 6.42 Å². The number of hydrogen-bond donors (Lipinski definition) is 1. The highest BCUT2D eigenvalue weighted by molar-refractivity contribution is 5.71. The fraction of sp³-hybridized carbons (Fsp3) is 0.770. The summed E-state index contributed by atoms with van der Waals surface area (Å²) in [4.78, 5) is 24.4. The van der Waals surface area contributed by atoms with Gasteiger partial charge < -0.3 is 14.6 Å². The van der Waals surface area contributed by atoms with Crippen LogP contribution in [-0.2, 0) is 19.1 Å². The standard InChI is InChI=1S/C61H108O5/c1-3-5-7-9-11-13-15-17-19-20-21-22-23-24-25-26-27-28-29-30-31-32-33-34-35-36-37-38-39-40-42-43-45-47-49-51-53-55-60(63)65-58-59(57-62)66-61(64)56-54-52-50-48-46-44-41-18-16-14-12-10-8-6-4-2/h6,8,12,14,18,20-21,41,46,48,52,54,59,62H,3-5,7,9-11,13,15-17,19,22-40,42-45,47,49-51,53,55-58H2,1-2H3/b8-6-,14-12-,21-20-,41-18-,48-46-,54-52-. The van der Waals surface area contributed by atoms with E-state index in [0.29, 0.717) is 6.42 Å². The largest absolute Gasteiger partial charge is 0.462 e. The van der Waals surface area contributed by atoms with Crippen LogP contribution in [0.5, 0.6) is 0 Å². The Morgan fingerprint density at radius 2 is 0.697 bits per heavy atom. The Morgan fingerprint density at radius 1 is 0.379 bits per heavy atom. The van der Waals surface area contributed by atoms with Crippen molar-refractivity contribution in [2.24, 2.45) is 0 Å². The van der Waals surface area contributed by atoms with E-state index in [1.807, 2.05) is 6.08 Å². The molecule has 0 aromatic carbocycles. The molecule has 382 valence electrons. The average Bonchev–Trinajstić information content (AvgIpc) is 3.32. The number of allylic oxidation sites excluding steroid dienone is 11. The van der Waals surface area contributed by atoms with Gasteiger partial charge in [-0.2, -0.15) is 0 Å². The van der Waals surface area contributed by atoms with Crippen molar-refractivity contribution in [1.29, 1.82) is 0 Å². The molecule has 0 bridgehead atoms. The van der Waals surface area contributed by atoms with Gasteiger partial charge in [0.05, 0.1) is 13.0 Å². The van der Waals surface area contributed by atoms with Crippen molar-refractivity contribution >= 4 is 11.9 Å². The molecular weight excluding hydrogens is 813 g/mol. The number of carbonyl (C=O) groups excluding carboxylic acids is 2. The molecule has 66 heavy (non-hydrogen) atoms. The zero-order chi connectivity index (χ0) is 47.7. The van der Waals surface area contributed by atoms with Gasteiger partial charge in [-0.3, -0.25) is 9.59 Å². The van der Waals surface area contributed by atoms with Gasteiger partial charge in [0.2, 0.25) is 0 Å². The maximum Gasteiger partial charge on any atom is 0.310 e. The predicted octanol–water partition coefficient (Wildman–Crippen LogP) is 19.2. The van der Waals surface area contributed by atoms with Gasteiger partial charge in [0.1, 0.15) is 6.61 Å². The summed E-state index contributed by atoms with van der Waals surface area (Å²) in [6, 6.07) is 0. The van der Waals surface area contributed by atoms with Gasteiger partial charge in [-0.1, -0.05) is 279 Å². The van der Waals surface area contributed by atoms with Crippen molar-refractivity contribution in [3.63, 3.8) is 0 Å². The van der Waals surface area contributed by atoms with Crippen LogP contribution < -0.4 is 0 Å². The first kappa shape index (κ1) is 63.3. The van der Waals surface area contributed by atoms with Crippen LogP contribution in [0.15, 0.2) is 72.9 Å².